The molecule has 0 spiro atoms. The van der Waals surface area contributed by atoms with Crippen LogP contribution in [0.5, 0.6) is 5.75 Å². The molecule has 7 nitrogen and oxygen atoms in total. The Hall–Kier alpha value is -2.38. The molecular formula is C21H29N3O4. The lowest BCUT2D eigenvalue weighted by atomic mass is 10.0. The summed E-state index contributed by atoms with van der Waals surface area (Å²) in [6.07, 6.45) is 5.05. The van der Waals surface area contributed by atoms with Crippen molar-refractivity contribution >= 4 is 17.9 Å². The van der Waals surface area contributed by atoms with Crippen molar-refractivity contribution < 1.29 is 19.4 Å². The molecule has 1 aromatic carbocycles. The minimum absolute atomic E-state index is 0.0207. The number of likely N-dealkylation sites (tertiary alicyclic amines) is 1. The molecule has 28 heavy (non-hydrogen) atoms. The first-order valence-electron chi connectivity index (χ1n) is 9.85. The molecule has 0 bridgehead atoms. The number of aliphatic hydroxyl groups excluding tert-OH is 1. The summed E-state index contributed by atoms with van der Waals surface area (Å²) in [5.74, 6) is 0.684. The Balaban J connectivity index is 1.61. The molecule has 3 rings (SSSR count). The summed E-state index contributed by atoms with van der Waals surface area (Å²) in [6.45, 7) is 2.99. The minimum Gasteiger partial charge on any atom is -0.496 e. The Labute approximate surface area is 166 Å². The number of aliphatic hydroxyl groups is 1. The van der Waals surface area contributed by atoms with E-state index in [2.05, 4.69) is 5.32 Å². The van der Waals surface area contributed by atoms with Crippen LogP contribution in [-0.2, 0) is 9.59 Å². The first-order chi connectivity index (χ1) is 13.6. The lowest BCUT2D eigenvalue weighted by Crippen LogP contribution is -2.57. The second-order valence-electron chi connectivity index (χ2n) is 7.26. The Morgan fingerprint density at radius 3 is 2.79 bits per heavy atom. The van der Waals surface area contributed by atoms with Gasteiger partial charge < -0.3 is 20.1 Å². The normalized spacial score (nSPS) is 21.7. The number of nitrogens with one attached hydrogen (secondary N) is 1. The van der Waals surface area contributed by atoms with E-state index in [9.17, 15) is 14.7 Å². The molecule has 0 aromatic heterocycles. The number of carbonyl (C=O) groups is 2. The second kappa shape index (κ2) is 9.71. The van der Waals surface area contributed by atoms with Crippen molar-refractivity contribution in [2.24, 2.45) is 0 Å². The largest absolute Gasteiger partial charge is 0.496 e. The number of para-hydroxylation sites is 1. The van der Waals surface area contributed by atoms with Crippen LogP contribution in [0.1, 0.15) is 24.8 Å². The summed E-state index contributed by atoms with van der Waals surface area (Å²) in [5.41, 5.74) is 0.978. The van der Waals surface area contributed by atoms with E-state index >= 15 is 0 Å². The molecule has 1 unspecified atom stereocenters. The van der Waals surface area contributed by atoms with Gasteiger partial charge in [0.15, 0.2) is 0 Å². The number of hydrogen-bond acceptors (Lipinski definition) is 5. The highest BCUT2D eigenvalue weighted by molar-refractivity contribution is 5.89. The highest BCUT2D eigenvalue weighted by atomic mass is 16.5. The van der Waals surface area contributed by atoms with E-state index in [1.54, 1.807) is 12.0 Å². The maximum Gasteiger partial charge on any atom is 0.237 e. The maximum atomic E-state index is 12.6. The summed E-state index contributed by atoms with van der Waals surface area (Å²) < 4.78 is 5.36. The monoisotopic (exact) mass is 387 g/mol. The summed E-state index contributed by atoms with van der Waals surface area (Å²) in [7, 11) is 1.64. The van der Waals surface area contributed by atoms with Crippen molar-refractivity contribution in [1.29, 1.82) is 0 Å². The lowest BCUT2D eigenvalue weighted by molar-refractivity contribution is -0.140. The van der Waals surface area contributed by atoms with Crippen molar-refractivity contribution in [3.05, 3.63) is 35.9 Å². The summed E-state index contributed by atoms with van der Waals surface area (Å²) in [4.78, 5) is 28.9. The van der Waals surface area contributed by atoms with Gasteiger partial charge in [0, 0.05) is 38.3 Å². The first-order valence-corrected chi connectivity index (χ1v) is 9.85. The predicted molar refractivity (Wildman–Crippen MR) is 107 cm³/mol. The number of piperazine rings is 1. The molecule has 1 atom stereocenters. The Bertz CT molecular complexity index is 713. The summed E-state index contributed by atoms with van der Waals surface area (Å²) in [6, 6.07) is 7.30. The number of nitrogens with zero attached hydrogens (tertiary/aromatic N) is 2. The van der Waals surface area contributed by atoms with Crippen LogP contribution < -0.4 is 10.1 Å². The summed E-state index contributed by atoms with van der Waals surface area (Å²) in [5, 5.41) is 12.5. The highest BCUT2D eigenvalue weighted by Crippen LogP contribution is 2.19. The fourth-order valence-corrected chi connectivity index (χ4v) is 3.73. The molecule has 2 heterocycles. The number of amides is 2. The molecule has 2 aliphatic rings. The van der Waals surface area contributed by atoms with Crippen LogP contribution >= 0.6 is 0 Å². The quantitative estimate of drug-likeness (QED) is 0.757. The van der Waals surface area contributed by atoms with Gasteiger partial charge in [0.1, 0.15) is 5.75 Å². The van der Waals surface area contributed by atoms with Gasteiger partial charge in [-0.2, -0.15) is 0 Å². The van der Waals surface area contributed by atoms with Gasteiger partial charge in [-0.3, -0.25) is 14.5 Å². The van der Waals surface area contributed by atoms with E-state index in [1.807, 2.05) is 41.3 Å². The highest BCUT2D eigenvalue weighted by Gasteiger charge is 2.33. The molecule has 0 aliphatic carbocycles. The molecule has 2 N–H and O–H groups in total. The number of methoxy groups -OCH3 is 1. The van der Waals surface area contributed by atoms with Crippen molar-refractivity contribution in [3.63, 3.8) is 0 Å². The Morgan fingerprint density at radius 1 is 1.29 bits per heavy atom. The van der Waals surface area contributed by atoms with Crippen molar-refractivity contribution in [2.45, 2.75) is 31.4 Å². The molecule has 2 amide bonds. The molecule has 0 saturated carbocycles. The zero-order chi connectivity index (χ0) is 19.9. The van der Waals surface area contributed by atoms with Crippen LogP contribution in [0.2, 0.25) is 0 Å². The van der Waals surface area contributed by atoms with Gasteiger partial charge in [-0.05, 0) is 18.9 Å². The number of rotatable bonds is 6. The third-order valence-electron chi connectivity index (χ3n) is 5.40. The van der Waals surface area contributed by atoms with E-state index in [-0.39, 0.29) is 24.3 Å². The number of hydrogen-bond donors (Lipinski definition) is 2. The molecule has 1 aromatic rings. The zero-order valence-electron chi connectivity index (χ0n) is 16.3. The molecule has 2 saturated heterocycles. The zero-order valence-corrected chi connectivity index (χ0v) is 16.3. The fraction of sp³-hybridized carbons (Fsp3) is 0.524. The van der Waals surface area contributed by atoms with Crippen molar-refractivity contribution in [2.75, 3.05) is 39.8 Å². The number of benzene rings is 1. The maximum absolute atomic E-state index is 12.6. The standard InChI is InChI=1S/C21H29N3O4/c1-28-19-7-3-2-5-16(19)6-4-11-23-14-10-22-21(27)18(23)15-20(26)24-12-8-17(25)9-13-24/h2-7,17-18,25H,8-15H2,1H3,(H,22,27). The smallest absolute Gasteiger partial charge is 0.237 e. The van der Waals surface area contributed by atoms with E-state index < -0.39 is 6.04 Å². The topological polar surface area (TPSA) is 82.1 Å². The van der Waals surface area contributed by atoms with Crippen LogP contribution in [0.3, 0.4) is 0 Å². The Morgan fingerprint density at radius 2 is 2.04 bits per heavy atom. The second-order valence-corrected chi connectivity index (χ2v) is 7.26. The van der Waals surface area contributed by atoms with Gasteiger partial charge in [-0.15, -0.1) is 0 Å². The van der Waals surface area contributed by atoms with Gasteiger partial charge in [0.25, 0.3) is 0 Å². The van der Waals surface area contributed by atoms with E-state index in [0.29, 0.717) is 45.6 Å². The van der Waals surface area contributed by atoms with Crippen LogP contribution in [0.25, 0.3) is 6.08 Å². The molecule has 2 fully saturated rings. The average Bonchev–Trinajstić information content (AvgIpc) is 2.71. The van der Waals surface area contributed by atoms with Crippen LogP contribution in [0, 0.1) is 0 Å². The SMILES string of the molecule is COc1ccccc1C=CCN1CCNC(=O)C1CC(=O)N1CCC(O)CC1. The van der Waals surface area contributed by atoms with Crippen LogP contribution in [0.15, 0.2) is 30.3 Å². The molecule has 152 valence electrons. The summed E-state index contributed by atoms with van der Waals surface area (Å²) >= 11 is 0. The molecule has 2 aliphatic heterocycles. The number of ether oxygens (including phenoxy) is 1. The van der Waals surface area contributed by atoms with Gasteiger partial charge in [-0.1, -0.05) is 30.4 Å². The Kier molecular flexibility index (Phi) is 7.06. The first kappa shape index (κ1) is 20.4. The van der Waals surface area contributed by atoms with E-state index in [0.717, 1.165) is 11.3 Å². The predicted octanol–water partition coefficient (Wildman–Crippen LogP) is 0.882. The van der Waals surface area contributed by atoms with Gasteiger partial charge in [0.2, 0.25) is 11.8 Å². The van der Waals surface area contributed by atoms with Gasteiger partial charge >= 0.3 is 0 Å². The van der Waals surface area contributed by atoms with Crippen molar-refractivity contribution in [1.82, 2.24) is 15.1 Å². The van der Waals surface area contributed by atoms with Crippen LogP contribution in [0.4, 0.5) is 0 Å². The van der Waals surface area contributed by atoms with E-state index in [4.69, 9.17) is 4.74 Å². The number of carbonyl (C=O) groups excluding carboxylic acids is 2. The molecule has 0 radical (unpaired) electrons. The molecule has 7 heteroatoms. The third-order valence-corrected chi connectivity index (χ3v) is 5.40. The van der Waals surface area contributed by atoms with Gasteiger partial charge in [-0.25, -0.2) is 0 Å². The lowest BCUT2D eigenvalue weighted by Gasteiger charge is -2.36. The third kappa shape index (κ3) is 5.11. The minimum atomic E-state index is -0.463. The van der Waals surface area contributed by atoms with Crippen LogP contribution in [-0.4, -0.2) is 78.7 Å². The van der Waals surface area contributed by atoms with Gasteiger partial charge in [0.05, 0.1) is 25.7 Å². The van der Waals surface area contributed by atoms with Crippen molar-refractivity contribution in [3.8, 4) is 5.75 Å². The fourth-order valence-electron chi connectivity index (χ4n) is 3.73. The molecular weight excluding hydrogens is 358 g/mol. The number of piperidine rings is 1. The average molecular weight is 387 g/mol. The van der Waals surface area contributed by atoms with E-state index in [1.165, 1.54) is 0 Å².